The predicted octanol–water partition coefficient (Wildman–Crippen LogP) is -0.833. The third-order valence-corrected chi connectivity index (χ3v) is 2.32. The maximum atomic E-state index is 9.53. The maximum Gasteiger partial charge on any atom is 0.109 e. The Morgan fingerprint density at radius 2 is 2.07 bits per heavy atom. The van der Waals surface area contributed by atoms with Crippen molar-refractivity contribution < 1.29 is 20.1 Å². The Bertz CT molecular complexity index is 243. The van der Waals surface area contributed by atoms with Gasteiger partial charge in [-0.2, -0.15) is 0 Å². The molecule has 1 aliphatic rings. The molecule has 0 spiro atoms. The lowest BCUT2D eigenvalue weighted by molar-refractivity contribution is -0.183. The molecule has 1 rings (SSSR count). The molecule has 7 nitrogen and oxygen atoms in total. The van der Waals surface area contributed by atoms with Crippen molar-refractivity contribution in [1.29, 1.82) is 0 Å². The van der Waals surface area contributed by atoms with Gasteiger partial charge in [-0.15, -0.1) is 0 Å². The molecule has 0 radical (unpaired) electrons. The van der Waals surface area contributed by atoms with Gasteiger partial charge in [-0.1, -0.05) is 5.11 Å². The monoisotopic (exact) mass is 203 g/mol. The van der Waals surface area contributed by atoms with Crippen LogP contribution in [0.3, 0.4) is 0 Å². The van der Waals surface area contributed by atoms with E-state index < -0.39 is 30.5 Å². The molecule has 0 aliphatic carbocycles. The fourth-order valence-corrected chi connectivity index (χ4v) is 1.51. The van der Waals surface area contributed by atoms with Crippen molar-refractivity contribution in [2.24, 2.45) is 5.11 Å². The Morgan fingerprint density at radius 3 is 2.57 bits per heavy atom. The van der Waals surface area contributed by atoms with Gasteiger partial charge in [0, 0.05) is 4.91 Å². The number of hydrogen-bond acceptors (Lipinski definition) is 5. The molecule has 0 amide bonds. The second-order valence-corrected chi connectivity index (χ2v) is 3.24. The second kappa shape index (κ2) is 4.59. The van der Waals surface area contributed by atoms with Crippen LogP contribution in [0.1, 0.15) is 6.92 Å². The summed E-state index contributed by atoms with van der Waals surface area (Å²) in [6.45, 7) is 1.22. The summed E-state index contributed by atoms with van der Waals surface area (Å²) < 4.78 is 5.16. The number of aliphatic hydroxyl groups is 3. The van der Waals surface area contributed by atoms with E-state index in [1.807, 2.05) is 0 Å². The quantitative estimate of drug-likeness (QED) is 0.308. The molecule has 7 heteroatoms. The molecular formula is C7H13N3O4. The number of azide groups is 1. The average molecular weight is 203 g/mol. The molecule has 0 bridgehead atoms. The van der Waals surface area contributed by atoms with Crippen LogP contribution in [0.5, 0.6) is 0 Å². The summed E-state index contributed by atoms with van der Waals surface area (Å²) in [5.41, 5.74) is 8.22. The number of rotatable bonds is 2. The third kappa shape index (κ3) is 1.97. The molecule has 3 N–H and O–H groups in total. The van der Waals surface area contributed by atoms with Crippen molar-refractivity contribution in [3.05, 3.63) is 10.4 Å². The largest absolute Gasteiger partial charge is 0.394 e. The molecule has 0 aromatic carbocycles. The van der Waals surface area contributed by atoms with E-state index in [1.54, 1.807) is 6.92 Å². The summed E-state index contributed by atoms with van der Waals surface area (Å²) in [5, 5.41) is 31.1. The molecule has 80 valence electrons. The topological polar surface area (TPSA) is 119 Å². The van der Waals surface area contributed by atoms with Crippen molar-refractivity contribution in [3.8, 4) is 0 Å². The van der Waals surface area contributed by atoms with Gasteiger partial charge in [0.25, 0.3) is 0 Å². The van der Waals surface area contributed by atoms with Crippen LogP contribution in [0.15, 0.2) is 5.11 Å². The van der Waals surface area contributed by atoms with Crippen LogP contribution in [0.4, 0.5) is 0 Å². The number of nitrogens with zero attached hydrogens (tertiary/aromatic N) is 3. The highest BCUT2D eigenvalue weighted by atomic mass is 16.5. The van der Waals surface area contributed by atoms with E-state index >= 15 is 0 Å². The van der Waals surface area contributed by atoms with Gasteiger partial charge in [-0.25, -0.2) is 0 Å². The van der Waals surface area contributed by atoms with E-state index in [0.29, 0.717) is 0 Å². The lowest BCUT2D eigenvalue weighted by atomic mass is 9.94. The third-order valence-electron chi connectivity index (χ3n) is 2.32. The average Bonchev–Trinajstić information content (AvgIpc) is 2.18. The van der Waals surface area contributed by atoms with Gasteiger partial charge >= 0.3 is 0 Å². The summed E-state index contributed by atoms with van der Waals surface area (Å²) in [6.07, 6.45) is -3.79. The Labute approximate surface area is 80.6 Å². The van der Waals surface area contributed by atoms with Crippen molar-refractivity contribution in [2.45, 2.75) is 37.4 Å². The van der Waals surface area contributed by atoms with Gasteiger partial charge in [0.05, 0.1) is 24.9 Å². The minimum atomic E-state index is -1.23. The van der Waals surface area contributed by atoms with Gasteiger partial charge < -0.3 is 20.1 Å². The highest BCUT2D eigenvalue weighted by Crippen LogP contribution is 2.23. The van der Waals surface area contributed by atoms with Crippen LogP contribution in [0.25, 0.3) is 10.4 Å². The minimum Gasteiger partial charge on any atom is -0.394 e. The van der Waals surface area contributed by atoms with Gasteiger partial charge in [-0.3, -0.25) is 0 Å². The standard InChI is InChI=1S/C7H13N3O4/c1-3-5(9-10-8)7(13)6(12)4(2-11)14-3/h3-7,11-13H,2H2,1H3/t3-,4?,5?,6?,7?/m0/s1. The summed E-state index contributed by atoms with van der Waals surface area (Å²) >= 11 is 0. The van der Waals surface area contributed by atoms with E-state index in [1.165, 1.54) is 0 Å². The summed E-state index contributed by atoms with van der Waals surface area (Å²) in [7, 11) is 0. The zero-order valence-corrected chi connectivity index (χ0v) is 7.69. The zero-order valence-electron chi connectivity index (χ0n) is 7.69. The fourth-order valence-electron chi connectivity index (χ4n) is 1.51. The van der Waals surface area contributed by atoms with Crippen molar-refractivity contribution in [3.63, 3.8) is 0 Å². The molecule has 1 aliphatic heterocycles. The first-order valence-corrected chi connectivity index (χ1v) is 4.28. The van der Waals surface area contributed by atoms with Crippen LogP contribution in [-0.4, -0.2) is 52.4 Å². The Morgan fingerprint density at radius 1 is 1.43 bits per heavy atom. The van der Waals surface area contributed by atoms with Gasteiger partial charge in [0.15, 0.2) is 0 Å². The predicted molar refractivity (Wildman–Crippen MR) is 46.4 cm³/mol. The van der Waals surface area contributed by atoms with E-state index in [2.05, 4.69) is 10.0 Å². The van der Waals surface area contributed by atoms with E-state index in [4.69, 9.17) is 15.4 Å². The molecule has 0 saturated carbocycles. The molecule has 1 fully saturated rings. The fraction of sp³-hybridized carbons (Fsp3) is 1.00. The Kier molecular flexibility index (Phi) is 3.68. The second-order valence-electron chi connectivity index (χ2n) is 3.24. The van der Waals surface area contributed by atoms with Crippen LogP contribution in [-0.2, 0) is 4.74 Å². The molecular weight excluding hydrogens is 190 g/mol. The van der Waals surface area contributed by atoms with E-state index in [9.17, 15) is 10.2 Å². The molecule has 0 aromatic heterocycles. The van der Waals surface area contributed by atoms with Gasteiger partial charge in [0.1, 0.15) is 12.2 Å². The molecule has 1 heterocycles. The lowest BCUT2D eigenvalue weighted by Crippen LogP contribution is -2.56. The smallest absolute Gasteiger partial charge is 0.109 e. The SMILES string of the molecule is C[C@@H]1OC(CO)C(O)C(O)C1N=[N+]=[N-]. The molecule has 5 atom stereocenters. The maximum absolute atomic E-state index is 9.53. The summed E-state index contributed by atoms with van der Waals surface area (Å²) in [4.78, 5) is 2.56. The highest BCUT2D eigenvalue weighted by molar-refractivity contribution is 4.94. The zero-order chi connectivity index (χ0) is 10.7. The number of ether oxygens (including phenoxy) is 1. The normalized spacial score (nSPS) is 43.0. The molecule has 14 heavy (non-hydrogen) atoms. The van der Waals surface area contributed by atoms with Crippen molar-refractivity contribution in [1.82, 2.24) is 0 Å². The van der Waals surface area contributed by atoms with Crippen LogP contribution < -0.4 is 0 Å². The first-order valence-electron chi connectivity index (χ1n) is 4.28. The van der Waals surface area contributed by atoms with E-state index in [0.717, 1.165) is 0 Å². The molecule has 0 aromatic rings. The highest BCUT2D eigenvalue weighted by Gasteiger charge is 2.41. The van der Waals surface area contributed by atoms with Gasteiger partial charge in [-0.05, 0) is 12.5 Å². The number of aliphatic hydroxyl groups excluding tert-OH is 3. The van der Waals surface area contributed by atoms with Gasteiger partial charge in [0.2, 0.25) is 0 Å². The Balaban J connectivity index is 2.78. The summed E-state index contributed by atoms with van der Waals surface area (Å²) in [5.74, 6) is 0. The first-order chi connectivity index (χ1) is 6.61. The first kappa shape index (κ1) is 11.2. The number of hydrogen-bond donors (Lipinski definition) is 3. The van der Waals surface area contributed by atoms with Crippen molar-refractivity contribution >= 4 is 0 Å². The van der Waals surface area contributed by atoms with Crippen molar-refractivity contribution in [2.75, 3.05) is 6.61 Å². The Hall–Kier alpha value is -0.850. The van der Waals surface area contributed by atoms with E-state index in [-0.39, 0.29) is 6.61 Å². The van der Waals surface area contributed by atoms with Crippen LogP contribution in [0.2, 0.25) is 0 Å². The molecule has 4 unspecified atom stereocenters. The van der Waals surface area contributed by atoms with Crippen LogP contribution in [0, 0.1) is 0 Å². The lowest BCUT2D eigenvalue weighted by Gasteiger charge is -2.39. The molecule has 1 saturated heterocycles. The summed E-state index contributed by atoms with van der Waals surface area (Å²) in [6, 6.07) is -0.821. The van der Waals surface area contributed by atoms with Crippen LogP contribution >= 0.6 is 0 Å². The minimum absolute atomic E-state index is 0.383.